The van der Waals surface area contributed by atoms with Gasteiger partial charge >= 0.3 is 12.3 Å². The number of amides is 1. The fourth-order valence-corrected chi connectivity index (χ4v) is 5.01. The van der Waals surface area contributed by atoms with Crippen LogP contribution in [-0.4, -0.2) is 45.2 Å². The molecule has 0 fully saturated rings. The van der Waals surface area contributed by atoms with Gasteiger partial charge in [0.25, 0.3) is 5.91 Å². The second-order valence-corrected chi connectivity index (χ2v) is 9.84. The molecule has 42 heavy (non-hydrogen) atoms. The third-order valence-corrected chi connectivity index (χ3v) is 7.03. The van der Waals surface area contributed by atoms with Gasteiger partial charge in [0, 0.05) is 27.8 Å². The summed E-state index contributed by atoms with van der Waals surface area (Å²) in [5.41, 5.74) is 1.31. The molecule has 0 bridgehead atoms. The number of carbonyl (C=O) groups excluding carboxylic acids is 2. The Kier molecular flexibility index (Phi) is 9.75. The number of hydrogen-bond acceptors (Lipinski definition) is 7. The summed E-state index contributed by atoms with van der Waals surface area (Å²) in [5.74, 6) is -1.01. The lowest BCUT2D eigenvalue weighted by molar-refractivity contribution is -0.274. The van der Waals surface area contributed by atoms with Crippen molar-refractivity contribution in [2.45, 2.75) is 38.5 Å². The highest BCUT2D eigenvalue weighted by molar-refractivity contribution is 6.33. The SMILES string of the molecule is CCOC(=O)C[C@H]1O[C@H](c2cccc(OC(F)(F)F)c2Cl)c2cc(Cl)ccc2N(Cc2ccc(OC)cc2OC)C1=O. The average molecular weight is 628 g/mol. The molecule has 1 heterocycles. The Morgan fingerprint density at radius 1 is 1.00 bits per heavy atom. The standard InChI is InChI=1S/C29H26Cl2F3NO7/c1-4-40-25(36)14-24-28(37)35(15-16-8-10-18(38-2)13-23(16)39-3)21-11-9-17(30)12-20(21)27(41-24)19-6-5-7-22(26(19)31)42-29(32,33)34/h5-13,24,27H,4,14-15H2,1-3H3/t24-,27-/m1/s1. The number of methoxy groups -OCH3 is 2. The van der Waals surface area contributed by atoms with Crippen LogP contribution in [0.25, 0.3) is 0 Å². The summed E-state index contributed by atoms with van der Waals surface area (Å²) in [4.78, 5) is 28.0. The van der Waals surface area contributed by atoms with Crippen LogP contribution < -0.4 is 19.1 Å². The lowest BCUT2D eigenvalue weighted by atomic mass is 9.98. The molecule has 2 atom stereocenters. The molecule has 0 saturated carbocycles. The molecule has 0 unspecified atom stereocenters. The molecule has 0 radical (unpaired) electrons. The number of nitrogens with zero attached hydrogens (tertiary/aromatic N) is 1. The second-order valence-electron chi connectivity index (χ2n) is 9.03. The van der Waals surface area contributed by atoms with Crippen molar-refractivity contribution in [3.8, 4) is 17.2 Å². The summed E-state index contributed by atoms with van der Waals surface area (Å²) in [6.07, 6.45) is -8.12. The smallest absolute Gasteiger partial charge is 0.497 e. The summed E-state index contributed by atoms with van der Waals surface area (Å²) in [7, 11) is 2.97. The highest BCUT2D eigenvalue weighted by Crippen LogP contribution is 2.45. The number of esters is 1. The van der Waals surface area contributed by atoms with Crippen molar-refractivity contribution < 1.29 is 46.4 Å². The van der Waals surface area contributed by atoms with Crippen LogP contribution in [0.15, 0.2) is 54.6 Å². The number of benzene rings is 3. The second kappa shape index (κ2) is 13.1. The minimum atomic E-state index is -5.01. The molecule has 1 aliphatic heterocycles. The van der Waals surface area contributed by atoms with Crippen molar-refractivity contribution >= 4 is 40.8 Å². The van der Waals surface area contributed by atoms with Gasteiger partial charge in [-0.25, -0.2) is 0 Å². The van der Waals surface area contributed by atoms with Crippen LogP contribution in [0.4, 0.5) is 18.9 Å². The third-order valence-electron chi connectivity index (χ3n) is 6.39. The molecule has 3 aromatic rings. The summed E-state index contributed by atoms with van der Waals surface area (Å²) in [5, 5.41) is -0.127. The number of anilines is 1. The van der Waals surface area contributed by atoms with E-state index in [0.717, 1.165) is 6.07 Å². The van der Waals surface area contributed by atoms with Crippen LogP contribution in [0, 0.1) is 0 Å². The zero-order valence-electron chi connectivity index (χ0n) is 22.7. The first kappa shape index (κ1) is 31.3. The first-order valence-electron chi connectivity index (χ1n) is 12.6. The largest absolute Gasteiger partial charge is 0.573 e. The zero-order chi connectivity index (χ0) is 30.6. The molecule has 1 amide bonds. The lowest BCUT2D eigenvalue weighted by Gasteiger charge is -2.26. The van der Waals surface area contributed by atoms with Crippen LogP contribution >= 0.6 is 23.2 Å². The van der Waals surface area contributed by atoms with E-state index in [-0.39, 0.29) is 23.7 Å². The number of halogens is 5. The van der Waals surface area contributed by atoms with E-state index in [0.29, 0.717) is 28.3 Å². The molecular formula is C29H26Cl2F3NO7. The average Bonchev–Trinajstić information content (AvgIpc) is 3.04. The van der Waals surface area contributed by atoms with Gasteiger partial charge in [-0.3, -0.25) is 9.59 Å². The molecule has 0 aromatic heterocycles. The summed E-state index contributed by atoms with van der Waals surface area (Å²) >= 11 is 12.8. The van der Waals surface area contributed by atoms with Crippen molar-refractivity contribution in [1.82, 2.24) is 0 Å². The van der Waals surface area contributed by atoms with E-state index in [1.165, 1.54) is 37.3 Å². The Balaban J connectivity index is 1.89. The van der Waals surface area contributed by atoms with E-state index in [9.17, 15) is 22.8 Å². The van der Waals surface area contributed by atoms with E-state index >= 15 is 0 Å². The van der Waals surface area contributed by atoms with Gasteiger partial charge in [0.1, 0.15) is 29.5 Å². The lowest BCUT2D eigenvalue weighted by Crippen LogP contribution is -2.40. The van der Waals surface area contributed by atoms with Crippen LogP contribution in [0.1, 0.15) is 36.1 Å². The minimum absolute atomic E-state index is 0.0268. The van der Waals surface area contributed by atoms with Gasteiger partial charge < -0.3 is 28.6 Å². The monoisotopic (exact) mass is 627 g/mol. The Morgan fingerprint density at radius 2 is 1.76 bits per heavy atom. The van der Waals surface area contributed by atoms with Gasteiger partial charge in [-0.2, -0.15) is 0 Å². The Hall–Kier alpha value is -3.67. The first-order chi connectivity index (χ1) is 19.9. The molecular weight excluding hydrogens is 602 g/mol. The highest BCUT2D eigenvalue weighted by atomic mass is 35.5. The van der Waals surface area contributed by atoms with E-state index in [2.05, 4.69) is 4.74 Å². The van der Waals surface area contributed by atoms with Crippen LogP contribution in [0.2, 0.25) is 10.0 Å². The van der Waals surface area contributed by atoms with E-state index in [1.54, 1.807) is 37.3 Å². The molecule has 0 aliphatic carbocycles. The van der Waals surface area contributed by atoms with Crippen LogP contribution in [-0.2, 0) is 25.6 Å². The zero-order valence-corrected chi connectivity index (χ0v) is 24.2. The molecule has 13 heteroatoms. The molecule has 4 rings (SSSR count). The molecule has 0 saturated heterocycles. The van der Waals surface area contributed by atoms with Gasteiger partial charge in [0.2, 0.25) is 0 Å². The number of rotatable bonds is 9. The Labute approximate surface area is 249 Å². The molecule has 1 aliphatic rings. The van der Waals surface area contributed by atoms with E-state index < -0.39 is 47.6 Å². The number of hydrogen-bond donors (Lipinski definition) is 0. The van der Waals surface area contributed by atoms with Crippen molar-refractivity contribution in [2.24, 2.45) is 0 Å². The van der Waals surface area contributed by atoms with Crippen molar-refractivity contribution in [1.29, 1.82) is 0 Å². The predicted molar refractivity (Wildman–Crippen MR) is 148 cm³/mol. The maximum Gasteiger partial charge on any atom is 0.573 e. The fraction of sp³-hybridized carbons (Fsp3) is 0.310. The maximum absolute atomic E-state index is 14.1. The van der Waals surface area contributed by atoms with Crippen molar-refractivity contribution in [3.05, 3.63) is 81.3 Å². The normalized spacial score (nSPS) is 16.9. The predicted octanol–water partition coefficient (Wildman–Crippen LogP) is 6.88. The highest BCUT2D eigenvalue weighted by Gasteiger charge is 2.40. The van der Waals surface area contributed by atoms with E-state index in [1.807, 2.05) is 0 Å². The van der Waals surface area contributed by atoms with Crippen LogP contribution in [0.3, 0.4) is 0 Å². The Morgan fingerprint density at radius 3 is 2.43 bits per heavy atom. The van der Waals surface area contributed by atoms with Crippen LogP contribution in [0.5, 0.6) is 17.2 Å². The molecule has 0 spiro atoms. The fourth-order valence-electron chi connectivity index (χ4n) is 4.57. The van der Waals surface area contributed by atoms with Gasteiger partial charge in [-0.05, 0) is 43.3 Å². The first-order valence-corrected chi connectivity index (χ1v) is 13.4. The van der Waals surface area contributed by atoms with E-state index in [4.69, 9.17) is 42.1 Å². The van der Waals surface area contributed by atoms with Gasteiger partial charge in [0.05, 0.1) is 44.5 Å². The topological polar surface area (TPSA) is 83.5 Å². The minimum Gasteiger partial charge on any atom is -0.497 e. The van der Waals surface area contributed by atoms with Gasteiger partial charge in [-0.1, -0.05) is 35.3 Å². The van der Waals surface area contributed by atoms with Gasteiger partial charge in [-0.15, -0.1) is 13.2 Å². The molecule has 3 aromatic carbocycles. The molecule has 0 N–H and O–H groups in total. The van der Waals surface area contributed by atoms with Gasteiger partial charge in [0.15, 0.2) is 0 Å². The third kappa shape index (κ3) is 7.03. The Bertz CT molecular complexity index is 1470. The van der Waals surface area contributed by atoms with Crippen molar-refractivity contribution in [2.75, 3.05) is 25.7 Å². The number of ether oxygens (including phenoxy) is 5. The number of alkyl halides is 3. The number of carbonyl (C=O) groups is 2. The summed E-state index contributed by atoms with van der Waals surface area (Å²) in [6.45, 7) is 1.65. The molecule has 8 nitrogen and oxygen atoms in total. The summed E-state index contributed by atoms with van der Waals surface area (Å²) in [6, 6.07) is 13.5. The number of fused-ring (bicyclic) bond motifs is 1. The van der Waals surface area contributed by atoms with Crippen molar-refractivity contribution in [3.63, 3.8) is 0 Å². The summed E-state index contributed by atoms with van der Waals surface area (Å²) < 4.78 is 65.5. The molecule has 224 valence electrons. The maximum atomic E-state index is 14.1. The quantitative estimate of drug-likeness (QED) is 0.239.